The van der Waals surface area contributed by atoms with Gasteiger partial charge in [-0.25, -0.2) is 4.39 Å². The first-order valence-electron chi connectivity index (χ1n) is 6.13. The number of amides is 1. The summed E-state index contributed by atoms with van der Waals surface area (Å²) in [4.78, 5) is 11.9. The fourth-order valence-corrected chi connectivity index (χ4v) is 1.72. The average Bonchev–Trinajstić information content (AvgIpc) is 2.48. The molecule has 2 aromatic carbocycles. The van der Waals surface area contributed by atoms with Gasteiger partial charge in [-0.15, -0.1) is 0 Å². The van der Waals surface area contributed by atoms with Crippen LogP contribution in [0.2, 0.25) is 0 Å². The van der Waals surface area contributed by atoms with Gasteiger partial charge < -0.3 is 5.32 Å². The molecule has 100 valence electrons. The van der Waals surface area contributed by atoms with Crippen LogP contribution in [0.5, 0.6) is 0 Å². The maximum Gasteiger partial charge on any atom is 0.251 e. The minimum Gasteiger partial charge on any atom is -0.348 e. The van der Waals surface area contributed by atoms with Gasteiger partial charge in [-0.2, -0.15) is 5.26 Å². The molecule has 0 radical (unpaired) electrons. The predicted octanol–water partition coefficient (Wildman–Crippen LogP) is 2.94. The Morgan fingerprint density at radius 2 is 1.95 bits per heavy atom. The summed E-state index contributed by atoms with van der Waals surface area (Å²) in [5.41, 5.74) is 2.25. The maximum atomic E-state index is 13.4. The van der Waals surface area contributed by atoms with Crippen molar-refractivity contribution in [1.29, 1.82) is 5.26 Å². The Morgan fingerprint density at radius 1 is 1.25 bits per heavy atom. The Bertz CT molecular complexity index is 672. The van der Waals surface area contributed by atoms with Crippen molar-refractivity contribution in [3.8, 4) is 6.07 Å². The van der Waals surface area contributed by atoms with Crippen LogP contribution in [0, 0.1) is 24.1 Å². The number of halogens is 1. The van der Waals surface area contributed by atoms with Gasteiger partial charge in [-0.05, 0) is 42.3 Å². The van der Waals surface area contributed by atoms with Gasteiger partial charge in [0.25, 0.3) is 5.91 Å². The Morgan fingerprint density at radius 3 is 2.55 bits per heavy atom. The third-order valence-electron chi connectivity index (χ3n) is 2.97. The van der Waals surface area contributed by atoms with Crippen LogP contribution in [0.25, 0.3) is 0 Å². The second-order valence-electron chi connectivity index (χ2n) is 4.46. The van der Waals surface area contributed by atoms with E-state index in [0.29, 0.717) is 23.2 Å². The number of nitrogens with zero attached hydrogens (tertiary/aromatic N) is 1. The molecule has 1 N–H and O–H groups in total. The fourth-order valence-electron chi connectivity index (χ4n) is 1.72. The topological polar surface area (TPSA) is 52.9 Å². The highest BCUT2D eigenvalue weighted by Gasteiger charge is 2.07. The summed E-state index contributed by atoms with van der Waals surface area (Å²) < 4.78 is 13.4. The molecule has 0 spiro atoms. The third kappa shape index (κ3) is 3.21. The summed E-state index contributed by atoms with van der Waals surface area (Å²) in [7, 11) is 0. The maximum absolute atomic E-state index is 13.4. The van der Waals surface area contributed by atoms with E-state index in [0.717, 1.165) is 5.56 Å². The molecule has 0 bridgehead atoms. The lowest BCUT2D eigenvalue weighted by atomic mass is 10.1. The Kier molecular flexibility index (Phi) is 4.11. The number of aryl methyl sites for hydroxylation is 1. The second-order valence-corrected chi connectivity index (χ2v) is 4.46. The van der Waals surface area contributed by atoms with Crippen LogP contribution in [0.15, 0.2) is 42.5 Å². The lowest BCUT2D eigenvalue weighted by Crippen LogP contribution is -2.22. The van der Waals surface area contributed by atoms with Crippen LogP contribution in [0.3, 0.4) is 0 Å². The highest BCUT2D eigenvalue weighted by Crippen LogP contribution is 2.09. The van der Waals surface area contributed by atoms with Crippen molar-refractivity contribution in [2.75, 3.05) is 0 Å². The zero-order valence-electron chi connectivity index (χ0n) is 11.0. The van der Waals surface area contributed by atoms with Crippen molar-refractivity contribution in [3.63, 3.8) is 0 Å². The van der Waals surface area contributed by atoms with Crippen molar-refractivity contribution in [2.24, 2.45) is 0 Å². The molecule has 1 amide bonds. The number of nitriles is 1. The molecular weight excluding hydrogens is 255 g/mol. The molecule has 0 unspecified atom stereocenters. The van der Waals surface area contributed by atoms with Crippen molar-refractivity contribution >= 4 is 5.91 Å². The van der Waals surface area contributed by atoms with Gasteiger partial charge in [0.15, 0.2) is 0 Å². The van der Waals surface area contributed by atoms with Crippen molar-refractivity contribution in [2.45, 2.75) is 13.5 Å². The van der Waals surface area contributed by atoms with Crippen molar-refractivity contribution in [1.82, 2.24) is 5.32 Å². The molecule has 3 nitrogen and oxygen atoms in total. The smallest absolute Gasteiger partial charge is 0.251 e. The highest BCUT2D eigenvalue weighted by molar-refractivity contribution is 5.94. The van der Waals surface area contributed by atoms with Crippen LogP contribution in [0.1, 0.15) is 27.0 Å². The van der Waals surface area contributed by atoms with Crippen LogP contribution >= 0.6 is 0 Å². The Labute approximate surface area is 116 Å². The highest BCUT2D eigenvalue weighted by atomic mass is 19.1. The molecule has 0 aliphatic heterocycles. The molecule has 0 heterocycles. The quantitative estimate of drug-likeness (QED) is 0.930. The van der Waals surface area contributed by atoms with Gasteiger partial charge in [0, 0.05) is 12.1 Å². The molecule has 0 aromatic heterocycles. The monoisotopic (exact) mass is 268 g/mol. The van der Waals surface area contributed by atoms with Gasteiger partial charge in [0.2, 0.25) is 0 Å². The van der Waals surface area contributed by atoms with E-state index in [-0.39, 0.29) is 5.91 Å². The zero-order valence-corrected chi connectivity index (χ0v) is 11.0. The summed E-state index contributed by atoms with van der Waals surface area (Å²) in [5, 5.41) is 11.4. The fraction of sp³-hybridized carbons (Fsp3) is 0.125. The van der Waals surface area contributed by atoms with Crippen LogP contribution in [0.4, 0.5) is 4.39 Å². The largest absolute Gasteiger partial charge is 0.348 e. The van der Waals surface area contributed by atoms with E-state index in [1.54, 1.807) is 43.3 Å². The number of hydrogen-bond donors (Lipinski definition) is 1. The number of hydrogen-bond acceptors (Lipinski definition) is 2. The van der Waals surface area contributed by atoms with Crippen LogP contribution in [-0.4, -0.2) is 5.91 Å². The molecule has 2 aromatic rings. The first-order valence-corrected chi connectivity index (χ1v) is 6.13. The first kappa shape index (κ1) is 13.8. The lowest BCUT2D eigenvalue weighted by molar-refractivity contribution is 0.0950. The minimum atomic E-state index is -0.393. The van der Waals surface area contributed by atoms with Gasteiger partial charge in [-0.3, -0.25) is 4.79 Å². The normalized spacial score (nSPS) is 9.85. The molecule has 0 saturated carbocycles. The molecule has 0 atom stereocenters. The second kappa shape index (κ2) is 5.98. The van der Waals surface area contributed by atoms with Crippen LogP contribution in [-0.2, 0) is 6.54 Å². The zero-order chi connectivity index (χ0) is 14.5. The molecule has 0 fully saturated rings. The minimum absolute atomic E-state index is 0.293. The number of carbonyl (C=O) groups is 1. The summed E-state index contributed by atoms with van der Waals surface area (Å²) in [6.45, 7) is 1.98. The standard InChI is InChI=1S/C16H13FN2O/c1-11-2-7-14(8-15(11)17)16(20)19-10-13-5-3-12(9-18)4-6-13/h2-8H,10H2,1H3,(H,19,20). The SMILES string of the molecule is Cc1ccc(C(=O)NCc2ccc(C#N)cc2)cc1F. The Balaban J connectivity index is 2.01. The summed E-state index contributed by atoms with van der Waals surface area (Å²) in [6, 6.07) is 13.3. The van der Waals surface area contributed by atoms with E-state index < -0.39 is 5.82 Å². The van der Waals surface area contributed by atoms with E-state index >= 15 is 0 Å². The lowest BCUT2D eigenvalue weighted by Gasteiger charge is -2.06. The van der Waals surface area contributed by atoms with Gasteiger partial charge in [-0.1, -0.05) is 18.2 Å². The van der Waals surface area contributed by atoms with E-state index in [4.69, 9.17) is 5.26 Å². The van der Waals surface area contributed by atoms with Crippen LogP contribution < -0.4 is 5.32 Å². The molecule has 0 saturated heterocycles. The van der Waals surface area contributed by atoms with E-state index in [9.17, 15) is 9.18 Å². The summed E-state index contributed by atoms with van der Waals surface area (Å²) in [6.07, 6.45) is 0. The third-order valence-corrected chi connectivity index (χ3v) is 2.97. The van der Waals surface area contributed by atoms with Gasteiger partial charge in [0.05, 0.1) is 11.6 Å². The summed E-state index contributed by atoms with van der Waals surface area (Å²) >= 11 is 0. The van der Waals surface area contributed by atoms with E-state index in [1.165, 1.54) is 6.07 Å². The molecular formula is C16H13FN2O. The van der Waals surface area contributed by atoms with Crippen molar-refractivity contribution < 1.29 is 9.18 Å². The molecule has 0 aliphatic carbocycles. The van der Waals surface area contributed by atoms with Gasteiger partial charge >= 0.3 is 0 Å². The number of benzene rings is 2. The number of carbonyl (C=O) groups excluding carboxylic acids is 1. The number of rotatable bonds is 3. The van der Waals surface area contributed by atoms with E-state index in [1.807, 2.05) is 6.07 Å². The average molecular weight is 268 g/mol. The molecule has 20 heavy (non-hydrogen) atoms. The Hall–Kier alpha value is -2.67. The van der Waals surface area contributed by atoms with E-state index in [2.05, 4.69) is 5.32 Å². The molecule has 2 rings (SSSR count). The first-order chi connectivity index (χ1) is 9.60. The van der Waals surface area contributed by atoms with Gasteiger partial charge in [0.1, 0.15) is 5.82 Å². The molecule has 4 heteroatoms. The van der Waals surface area contributed by atoms with Crippen molar-refractivity contribution in [3.05, 3.63) is 70.5 Å². The summed E-state index contributed by atoms with van der Waals surface area (Å²) in [5.74, 6) is -0.718. The molecule has 0 aliphatic rings. The number of nitrogens with one attached hydrogen (secondary N) is 1. The predicted molar refractivity (Wildman–Crippen MR) is 73.5 cm³/mol.